The van der Waals surface area contributed by atoms with Gasteiger partial charge in [0.15, 0.2) is 5.11 Å². The molecule has 2 aromatic rings. The fourth-order valence-electron chi connectivity index (χ4n) is 3.48. The van der Waals surface area contributed by atoms with E-state index < -0.39 is 5.97 Å². The molecule has 7 heteroatoms. The number of pyridine rings is 1. The van der Waals surface area contributed by atoms with E-state index in [2.05, 4.69) is 15.6 Å². The quantitative estimate of drug-likeness (QED) is 0.558. The molecule has 1 fully saturated rings. The molecule has 0 unspecified atom stereocenters. The summed E-state index contributed by atoms with van der Waals surface area (Å²) in [5.41, 5.74) is 1.99. The zero-order chi connectivity index (χ0) is 19.3. The molecule has 0 radical (unpaired) electrons. The number of hydrogen-bond donors (Lipinski definition) is 2. The molecule has 0 amide bonds. The van der Waals surface area contributed by atoms with E-state index in [1.807, 2.05) is 12.1 Å². The van der Waals surface area contributed by atoms with Gasteiger partial charge in [-0.05, 0) is 67.9 Å². The number of aromatic nitrogens is 1. The molecule has 0 atom stereocenters. The fraction of sp³-hybridized carbons (Fsp3) is 0.350. The largest absolute Gasteiger partial charge is 0.462 e. The monoisotopic (exact) mass is 403 g/mol. The number of rotatable bonds is 5. The number of carbonyl (C=O) groups is 1. The van der Waals surface area contributed by atoms with Crippen molar-refractivity contribution in [2.75, 3.05) is 11.9 Å². The van der Waals surface area contributed by atoms with Gasteiger partial charge in [-0.25, -0.2) is 4.79 Å². The first-order chi connectivity index (χ1) is 13.0. The highest BCUT2D eigenvalue weighted by Crippen LogP contribution is 2.38. The molecule has 0 saturated heterocycles. The minimum absolute atomic E-state index is 0.191. The molecule has 1 aliphatic carbocycles. The highest BCUT2D eigenvalue weighted by molar-refractivity contribution is 7.80. The van der Waals surface area contributed by atoms with Crippen LogP contribution in [0.4, 0.5) is 5.69 Å². The number of ether oxygens (including phenoxy) is 1. The van der Waals surface area contributed by atoms with Gasteiger partial charge in [-0.15, -0.1) is 0 Å². The number of halogens is 1. The minimum atomic E-state index is -0.450. The van der Waals surface area contributed by atoms with Gasteiger partial charge in [0, 0.05) is 18.1 Å². The lowest BCUT2D eigenvalue weighted by Gasteiger charge is -2.32. The lowest BCUT2D eigenvalue weighted by atomic mass is 9.89. The molecule has 3 rings (SSSR count). The van der Waals surface area contributed by atoms with Crippen molar-refractivity contribution in [2.24, 2.45) is 0 Å². The maximum absolute atomic E-state index is 12.0. The first kappa shape index (κ1) is 19.6. The predicted molar refractivity (Wildman–Crippen MR) is 111 cm³/mol. The van der Waals surface area contributed by atoms with Crippen molar-refractivity contribution in [1.29, 1.82) is 0 Å². The number of thiocarbonyl (C=S) groups is 1. The highest BCUT2D eigenvalue weighted by atomic mass is 35.5. The second kappa shape index (κ2) is 8.67. The van der Waals surface area contributed by atoms with Crippen molar-refractivity contribution in [3.63, 3.8) is 0 Å². The Kier molecular flexibility index (Phi) is 6.29. The third-order valence-corrected chi connectivity index (χ3v) is 5.30. The van der Waals surface area contributed by atoms with E-state index in [1.54, 1.807) is 37.5 Å². The van der Waals surface area contributed by atoms with Gasteiger partial charge in [0.2, 0.25) is 0 Å². The van der Waals surface area contributed by atoms with Crippen molar-refractivity contribution < 1.29 is 9.53 Å². The van der Waals surface area contributed by atoms with E-state index in [0.717, 1.165) is 25.7 Å². The lowest BCUT2D eigenvalue weighted by Crippen LogP contribution is -2.45. The Hall–Kier alpha value is -2.18. The van der Waals surface area contributed by atoms with Crippen LogP contribution in [-0.2, 0) is 10.3 Å². The summed E-state index contributed by atoms with van der Waals surface area (Å²) in [6, 6.07) is 9.16. The van der Waals surface area contributed by atoms with Crippen molar-refractivity contribution in [1.82, 2.24) is 10.3 Å². The van der Waals surface area contributed by atoms with Gasteiger partial charge in [0.25, 0.3) is 0 Å². The summed E-state index contributed by atoms with van der Waals surface area (Å²) in [5, 5.41) is 7.51. The second-order valence-corrected chi connectivity index (χ2v) is 7.33. The maximum atomic E-state index is 12.0. The van der Waals surface area contributed by atoms with E-state index in [4.69, 9.17) is 28.6 Å². The third kappa shape index (κ3) is 4.57. The summed E-state index contributed by atoms with van der Waals surface area (Å²) < 4.78 is 5.04. The van der Waals surface area contributed by atoms with Crippen LogP contribution in [0.1, 0.15) is 48.5 Å². The normalized spacial score (nSPS) is 15.2. The number of hydrogen-bond acceptors (Lipinski definition) is 4. The molecular formula is C20H22ClN3O2S. The summed E-state index contributed by atoms with van der Waals surface area (Å²) >= 11 is 11.7. The fourth-order valence-corrected chi connectivity index (χ4v) is 3.99. The Labute approximate surface area is 169 Å². The Morgan fingerprint density at radius 1 is 1.26 bits per heavy atom. The number of nitrogens with zero attached hydrogens (tertiary/aromatic N) is 1. The Bertz CT molecular complexity index is 823. The first-order valence-corrected chi connectivity index (χ1v) is 9.79. The maximum Gasteiger partial charge on any atom is 0.339 e. The Morgan fingerprint density at radius 2 is 1.96 bits per heavy atom. The highest BCUT2D eigenvalue weighted by Gasteiger charge is 2.36. The van der Waals surface area contributed by atoms with Gasteiger partial charge in [-0.2, -0.15) is 0 Å². The van der Waals surface area contributed by atoms with Crippen LogP contribution in [0.25, 0.3) is 0 Å². The Morgan fingerprint density at radius 3 is 2.63 bits per heavy atom. The van der Waals surface area contributed by atoms with Crippen LogP contribution in [0.3, 0.4) is 0 Å². The summed E-state index contributed by atoms with van der Waals surface area (Å²) in [6.45, 7) is 2.05. The Balaban J connectivity index is 1.75. The van der Waals surface area contributed by atoms with Gasteiger partial charge in [-0.3, -0.25) is 4.98 Å². The SMILES string of the molecule is CCOC(=O)c1cc(NC(=S)NC2(c3ccncc3)CCCC2)ccc1Cl. The molecule has 1 aromatic heterocycles. The molecular weight excluding hydrogens is 382 g/mol. The number of anilines is 1. The van der Waals surface area contributed by atoms with E-state index in [-0.39, 0.29) is 5.54 Å². The van der Waals surface area contributed by atoms with Gasteiger partial charge >= 0.3 is 5.97 Å². The van der Waals surface area contributed by atoms with Gasteiger partial charge in [-0.1, -0.05) is 24.4 Å². The van der Waals surface area contributed by atoms with E-state index in [9.17, 15) is 4.79 Å². The number of benzene rings is 1. The van der Waals surface area contributed by atoms with Crippen LogP contribution in [0.2, 0.25) is 5.02 Å². The summed E-state index contributed by atoms with van der Waals surface area (Å²) in [4.78, 5) is 16.1. The van der Waals surface area contributed by atoms with Crippen molar-refractivity contribution in [3.8, 4) is 0 Å². The standard InChI is InChI=1S/C20H22ClN3O2S/c1-2-26-18(25)16-13-15(5-6-17(16)21)23-19(27)24-20(9-3-4-10-20)14-7-11-22-12-8-14/h5-8,11-13H,2-4,9-10H2,1H3,(H2,23,24,27). The van der Waals surface area contributed by atoms with E-state index >= 15 is 0 Å². The average Bonchev–Trinajstić information content (AvgIpc) is 3.13. The van der Waals surface area contributed by atoms with Crippen LogP contribution >= 0.6 is 23.8 Å². The molecule has 1 aliphatic rings. The summed E-state index contributed by atoms with van der Waals surface area (Å²) in [6.07, 6.45) is 7.91. The minimum Gasteiger partial charge on any atom is -0.462 e. The average molecular weight is 404 g/mol. The first-order valence-electron chi connectivity index (χ1n) is 9.00. The van der Waals surface area contributed by atoms with Crippen LogP contribution in [0.5, 0.6) is 0 Å². The van der Waals surface area contributed by atoms with Gasteiger partial charge < -0.3 is 15.4 Å². The smallest absolute Gasteiger partial charge is 0.339 e. The summed E-state index contributed by atoms with van der Waals surface area (Å²) in [5.74, 6) is -0.450. The number of nitrogens with one attached hydrogen (secondary N) is 2. The van der Waals surface area contributed by atoms with E-state index in [1.165, 1.54) is 5.56 Å². The topological polar surface area (TPSA) is 63.2 Å². The van der Waals surface area contributed by atoms with Crippen LogP contribution in [0, 0.1) is 0 Å². The molecule has 27 heavy (non-hydrogen) atoms. The molecule has 5 nitrogen and oxygen atoms in total. The van der Waals surface area contributed by atoms with Crippen molar-refractivity contribution >= 4 is 40.6 Å². The molecule has 1 heterocycles. The zero-order valence-corrected chi connectivity index (χ0v) is 16.7. The number of carbonyl (C=O) groups excluding carboxylic acids is 1. The molecule has 0 spiro atoms. The second-order valence-electron chi connectivity index (χ2n) is 6.52. The molecule has 2 N–H and O–H groups in total. The van der Waals surface area contributed by atoms with Crippen LogP contribution in [-0.4, -0.2) is 22.7 Å². The van der Waals surface area contributed by atoms with Gasteiger partial charge in [0.1, 0.15) is 0 Å². The van der Waals surface area contributed by atoms with Crippen LogP contribution < -0.4 is 10.6 Å². The van der Waals surface area contributed by atoms with Gasteiger partial charge in [0.05, 0.1) is 22.7 Å². The summed E-state index contributed by atoms with van der Waals surface area (Å²) in [7, 11) is 0. The van der Waals surface area contributed by atoms with Crippen molar-refractivity contribution in [3.05, 3.63) is 58.9 Å². The molecule has 1 saturated carbocycles. The molecule has 0 bridgehead atoms. The number of esters is 1. The molecule has 142 valence electrons. The molecule has 0 aliphatic heterocycles. The zero-order valence-electron chi connectivity index (χ0n) is 15.1. The predicted octanol–water partition coefficient (Wildman–Crippen LogP) is 4.67. The van der Waals surface area contributed by atoms with E-state index in [0.29, 0.717) is 28.0 Å². The third-order valence-electron chi connectivity index (χ3n) is 4.76. The molecule has 1 aromatic carbocycles. The van der Waals surface area contributed by atoms with Crippen molar-refractivity contribution in [2.45, 2.75) is 38.1 Å². The lowest BCUT2D eigenvalue weighted by molar-refractivity contribution is 0.0526. The van der Waals surface area contributed by atoms with Crippen LogP contribution in [0.15, 0.2) is 42.7 Å².